The van der Waals surface area contributed by atoms with Gasteiger partial charge >= 0.3 is 16.8 Å². The third-order valence-electron chi connectivity index (χ3n) is 5.28. The second-order valence-electron chi connectivity index (χ2n) is 8.53. The van der Waals surface area contributed by atoms with E-state index in [9.17, 15) is 15.3 Å². The Morgan fingerprint density at radius 1 is 0.391 bits per heavy atom. The average Bonchev–Trinajstić information content (AvgIpc) is 3.11. The van der Waals surface area contributed by atoms with Crippen LogP contribution >= 0.6 is 0 Å². The zero-order valence-electron chi connectivity index (χ0n) is 23.9. The number of aromatic nitrogens is 6. The van der Waals surface area contributed by atoms with Crippen molar-refractivity contribution in [3.8, 4) is 0 Å². The minimum absolute atomic E-state index is 0. The Bertz CT molecular complexity index is 1580. The van der Waals surface area contributed by atoms with Crippen LogP contribution in [0.25, 0.3) is 0 Å². The first-order valence-corrected chi connectivity index (χ1v) is 13.3. The fraction of sp³-hybridized carbons (Fsp3) is 0. The molecule has 0 atom stereocenters. The predicted molar refractivity (Wildman–Crippen MR) is 164 cm³/mol. The van der Waals surface area contributed by atoms with E-state index < -0.39 is 0 Å². The van der Waals surface area contributed by atoms with Gasteiger partial charge in [-0.1, -0.05) is 18.2 Å². The normalized spacial score (nSPS) is 11.1. The maximum Gasteiger partial charge on any atom is 3.00 e. The van der Waals surface area contributed by atoms with Crippen molar-refractivity contribution in [2.45, 2.75) is 0 Å². The van der Waals surface area contributed by atoms with Gasteiger partial charge in [0.05, 0.1) is 52.7 Å². The van der Waals surface area contributed by atoms with E-state index in [0.717, 1.165) is 0 Å². The zero-order valence-corrected chi connectivity index (χ0v) is 25.0. The molecular weight excluding hydrogens is 629 g/mol. The number of hydrogen-bond donors (Lipinski definition) is 0. The van der Waals surface area contributed by atoms with E-state index in [4.69, 9.17) is 0 Å². The molecule has 0 saturated heterocycles. The molecule has 46 heavy (non-hydrogen) atoms. The first-order chi connectivity index (χ1) is 22.1. The van der Waals surface area contributed by atoms with Crippen LogP contribution in [0.4, 0.5) is 17.1 Å². The maximum absolute atomic E-state index is 11.6. The zero-order chi connectivity index (χ0) is 31.5. The molecule has 0 aliphatic rings. The van der Waals surface area contributed by atoms with Gasteiger partial charge in [0.15, 0.2) is 0 Å². The van der Waals surface area contributed by atoms with Gasteiger partial charge in [0, 0.05) is 54.9 Å². The molecule has 0 aliphatic carbocycles. The number of pyridine rings is 6. The number of hydrogen-bond acceptors (Lipinski definition) is 12. The number of aliphatic imine (C=N–C) groups is 3. The molecular formula is C33H24CoN9O3. The molecule has 6 aromatic heterocycles. The van der Waals surface area contributed by atoms with E-state index in [0.29, 0.717) is 34.1 Å². The van der Waals surface area contributed by atoms with Crippen LogP contribution < -0.4 is 15.3 Å². The third-order valence-corrected chi connectivity index (χ3v) is 5.28. The van der Waals surface area contributed by atoms with Crippen molar-refractivity contribution in [1.82, 2.24) is 29.9 Å². The van der Waals surface area contributed by atoms with Gasteiger partial charge < -0.3 is 15.3 Å². The van der Waals surface area contributed by atoms with Gasteiger partial charge in [-0.2, -0.15) is 0 Å². The molecule has 0 radical (unpaired) electrons. The van der Waals surface area contributed by atoms with Crippen molar-refractivity contribution < 1.29 is 32.1 Å². The SMILES string of the molecule is [Co+3].[O-]C(=Nc1cccnc1)c1ccccn1.[O-]C(=Nc1cccnc1)c1ccccn1.[O-]C(=Nc1cccnc1)c1ccccn1. The molecule has 0 unspecified atom stereocenters. The summed E-state index contributed by atoms with van der Waals surface area (Å²) in [5.41, 5.74) is 2.61. The second kappa shape index (κ2) is 19.2. The van der Waals surface area contributed by atoms with Crippen LogP contribution in [0.3, 0.4) is 0 Å². The molecule has 13 heteroatoms. The molecule has 6 heterocycles. The molecule has 0 spiro atoms. The van der Waals surface area contributed by atoms with Crippen LogP contribution in [-0.2, 0) is 16.8 Å². The van der Waals surface area contributed by atoms with Crippen molar-refractivity contribution in [2.75, 3.05) is 0 Å². The topological polar surface area (TPSA) is 184 Å². The van der Waals surface area contributed by atoms with Crippen molar-refractivity contribution in [3.63, 3.8) is 0 Å². The minimum Gasteiger partial charge on any atom is -0.857 e. The quantitative estimate of drug-likeness (QED) is 0.193. The van der Waals surface area contributed by atoms with Gasteiger partial charge in [0.2, 0.25) is 0 Å². The summed E-state index contributed by atoms with van der Waals surface area (Å²) in [7, 11) is 0. The molecule has 0 N–H and O–H groups in total. The van der Waals surface area contributed by atoms with Crippen molar-refractivity contribution in [3.05, 3.63) is 164 Å². The molecule has 0 aromatic carbocycles. The van der Waals surface area contributed by atoms with E-state index in [1.807, 2.05) is 0 Å². The first-order valence-electron chi connectivity index (χ1n) is 13.3. The molecule has 0 bridgehead atoms. The Morgan fingerprint density at radius 3 is 0.913 bits per heavy atom. The Hall–Kier alpha value is -6.18. The summed E-state index contributed by atoms with van der Waals surface area (Å²) in [6, 6.07) is 25.7. The molecule has 6 aromatic rings. The van der Waals surface area contributed by atoms with E-state index in [1.165, 1.54) is 18.6 Å². The van der Waals surface area contributed by atoms with Gasteiger partial charge in [-0.25, -0.2) is 0 Å². The molecule has 12 nitrogen and oxygen atoms in total. The Kier molecular flexibility index (Phi) is 14.3. The van der Waals surface area contributed by atoms with Crippen molar-refractivity contribution >= 4 is 34.8 Å². The average molecular weight is 654 g/mol. The second-order valence-corrected chi connectivity index (χ2v) is 8.53. The molecule has 0 amide bonds. The van der Waals surface area contributed by atoms with Gasteiger partial charge in [-0.15, -0.1) is 0 Å². The van der Waals surface area contributed by atoms with E-state index in [2.05, 4.69) is 44.9 Å². The van der Waals surface area contributed by atoms with Crippen LogP contribution in [0.5, 0.6) is 0 Å². The van der Waals surface area contributed by atoms with E-state index >= 15 is 0 Å². The smallest absolute Gasteiger partial charge is 0.857 e. The summed E-state index contributed by atoms with van der Waals surface area (Å²) in [5.74, 6) is -1.07. The summed E-state index contributed by atoms with van der Waals surface area (Å²) in [6.07, 6.45) is 14.2. The van der Waals surface area contributed by atoms with Crippen LogP contribution in [0, 0.1) is 0 Å². The summed E-state index contributed by atoms with van der Waals surface area (Å²) in [5, 5.41) is 34.7. The van der Waals surface area contributed by atoms with Crippen LogP contribution in [0.1, 0.15) is 17.1 Å². The molecule has 0 aliphatic heterocycles. The molecule has 0 saturated carbocycles. The van der Waals surface area contributed by atoms with Gasteiger partial charge in [0.25, 0.3) is 0 Å². The summed E-state index contributed by atoms with van der Waals surface area (Å²) in [6.45, 7) is 0. The minimum atomic E-state index is -0.358. The number of rotatable bonds is 6. The fourth-order valence-electron chi connectivity index (χ4n) is 3.25. The Morgan fingerprint density at radius 2 is 0.696 bits per heavy atom. The van der Waals surface area contributed by atoms with Crippen LogP contribution in [0.2, 0.25) is 0 Å². The number of nitrogens with zero attached hydrogens (tertiary/aromatic N) is 9. The predicted octanol–water partition coefficient (Wildman–Crippen LogP) is 2.74. The van der Waals surface area contributed by atoms with E-state index in [-0.39, 0.29) is 34.5 Å². The maximum atomic E-state index is 11.6. The monoisotopic (exact) mass is 653 g/mol. The van der Waals surface area contributed by atoms with Gasteiger partial charge in [-0.05, 0) is 72.8 Å². The van der Waals surface area contributed by atoms with Crippen LogP contribution in [-0.4, -0.2) is 47.6 Å². The Labute approximate surface area is 275 Å². The molecule has 228 valence electrons. The summed E-state index contributed by atoms with van der Waals surface area (Å²) < 4.78 is 0. The largest absolute Gasteiger partial charge is 3.00 e. The fourth-order valence-corrected chi connectivity index (χ4v) is 3.25. The van der Waals surface area contributed by atoms with E-state index in [1.54, 1.807) is 128 Å². The van der Waals surface area contributed by atoms with Gasteiger partial charge in [0.1, 0.15) is 0 Å². The molecule has 6 rings (SSSR count). The van der Waals surface area contributed by atoms with Crippen molar-refractivity contribution in [2.24, 2.45) is 15.0 Å². The summed E-state index contributed by atoms with van der Waals surface area (Å²) >= 11 is 0. The van der Waals surface area contributed by atoms with Crippen LogP contribution in [0.15, 0.2) is 162 Å². The van der Waals surface area contributed by atoms with Crippen molar-refractivity contribution in [1.29, 1.82) is 0 Å². The standard InChI is InChI=1S/3C11H9N3O.Co/c3*15-11(10-5-1-2-7-13-10)14-9-4-3-6-12-8-9;/h3*1-8H,(H,14,15);/q;;;+3/p-3. The first kappa shape index (κ1) is 34.3. The summed E-state index contributed by atoms with van der Waals surface area (Å²) in [4.78, 5) is 34.9. The van der Waals surface area contributed by atoms with Gasteiger partial charge in [-0.3, -0.25) is 44.9 Å². The third kappa shape index (κ3) is 11.8. The molecule has 0 fully saturated rings. The Balaban J connectivity index is 0.000000186.